The summed E-state index contributed by atoms with van der Waals surface area (Å²) in [4.78, 5) is 5.79. The number of nitrogens with zero attached hydrogens (tertiary/aromatic N) is 1. The van der Waals surface area contributed by atoms with E-state index in [4.69, 9.17) is 0 Å². The highest BCUT2D eigenvalue weighted by Crippen LogP contribution is 2.32. The van der Waals surface area contributed by atoms with E-state index in [0.29, 0.717) is 0 Å². The van der Waals surface area contributed by atoms with Gasteiger partial charge in [-0.3, -0.25) is 0 Å². The Morgan fingerprint density at radius 2 is 1.90 bits per heavy atom. The highest BCUT2D eigenvalue weighted by molar-refractivity contribution is 9.10. The monoisotopic (exact) mass is 420 g/mol. The van der Waals surface area contributed by atoms with Crippen molar-refractivity contribution in [1.82, 2.24) is 4.98 Å². The van der Waals surface area contributed by atoms with Crippen LogP contribution in [0.5, 0.6) is 0 Å². The first-order valence-corrected chi connectivity index (χ1v) is 7.65. The van der Waals surface area contributed by atoms with Gasteiger partial charge in [-0.2, -0.15) is 0 Å². The molecule has 6 heteroatoms. The van der Waals surface area contributed by atoms with Crippen molar-refractivity contribution in [2.24, 2.45) is 0 Å². The predicted octanol–water partition coefficient (Wildman–Crippen LogP) is 4.64. The van der Waals surface area contributed by atoms with Crippen LogP contribution in [0.2, 0.25) is 0 Å². The molecule has 1 aromatic heterocycles. The van der Waals surface area contributed by atoms with E-state index in [1.54, 1.807) is 11.3 Å². The van der Waals surface area contributed by atoms with Gasteiger partial charge in [0.25, 0.3) is 0 Å². The molecule has 0 radical (unpaired) electrons. The van der Waals surface area contributed by atoms with Crippen LogP contribution in [0.1, 0.15) is 18.7 Å². The van der Waals surface area contributed by atoms with Crippen LogP contribution in [0.4, 0.5) is 5.13 Å². The molecule has 1 heterocycles. The van der Waals surface area contributed by atoms with Crippen molar-refractivity contribution in [3.63, 3.8) is 0 Å². The molecule has 20 heavy (non-hydrogen) atoms. The first kappa shape index (κ1) is 17.6. The average Bonchev–Trinajstić information content (AvgIpc) is 2.70. The topological polar surface area (TPSA) is 45.1 Å². The summed E-state index contributed by atoms with van der Waals surface area (Å²) in [5.74, 6) is 0. The van der Waals surface area contributed by atoms with Gasteiger partial charge in [-0.1, -0.05) is 28.1 Å². The van der Waals surface area contributed by atoms with E-state index in [1.807, 2.05) is 38.1 Å². The third kappa shape index (κ3) is 4.28. The molecule has 0 saturated heterocycles. The molecule has 3 nitrogen and oxygen atoms in total. The van der Waals surface area contributed by atoms with Crippen LogP contribution in [0.15, 0.2) is 28.7 Å². The summed E-state index contributed by atoms with van der Waals surface area (Å²) in [7, 11) is 0. The Bertz CT molecular complexity index is 567. The summed E-state index contributed by atoms with van der Waals surface area (Å²) >= 11 is 5.04. The fourth-order valence-corrected chi connectivity index (χ4v) is 2.93. The number of benzene rings is 1. The van der Waals surface area contributed by atoms with E-state index in [1.165, 1.54) is 4.88 Å². The number of aryl methyl sites for hydroxylation is 1. The molecule has 0 spiro atoms. The minimum absolute atomic E-state index is 0. The number of nitrogens with one attached hydrogen (secondary N) is 1. The second-order valence-corrected chi connectivity index (χ2v) is 7.22. The van der Waals surface area contributed by atoms with E-state index in [9.17, 15) is 5.11 Å². The number of halogens is 2. The maximum absolute atomic E-state index is 9.29. The molecule has 0 aliphatic heterocycles. The molecule has 0 fully saturated rings. The van der Waals surface area contributed by atoms with Crippen LogP contribution in [0.25, 0.3) is 11.3 Å². The van der Waals surface area contributed by atoms with Crippen molar-refractivity contribution in [3.05, 3.63) is 33.6 Å². The molecule has 2 N–H and O–H groups in total. The molecular weight excluding hydrogens is 404 g/mol. The maximum atomic E-state index is 9.29. The minimum atomic E-state index is -0.360. The molecule has 0 unspecified atom stereocenters. The largest absolute Gasteiger partial charge is 0.394 e. The molecule has 1 aromatic carbocycles. The lowest BCUT2D eigenvalue weighted by molar-refractivity contribution is 0.234. The molecular formula is C14H18Br2N2OS. The molecule has 110 valence electrons. The lowest BCUT2D eigenvalue weighted by Crippen LogP contribution is -2.34. The van der Waals surface area contributed by atoms with Gasteiger partial charge in [-0.25, -0.2) is 4.98 Å². The maximum Gasteiger partial charge on any atom is 0.183 e. The summed E-state index contributed by atoms with van der Waals surface area (Å²) in [6, 6.07) is 8.12. The molecule has 0 bridgehead atoms. The fourth-order valence-electron chi connectivity index (χ4n) is 1.65. The summed E-state index contributed by atoms with van der Waals surface area (Å²) in [6.07, 6.45) is 0. The standard InChI is InChI=1S/C14H17BrN2OS.BrH/c1-9-12(10-4-6-11(15)7-5-10)16-13(19-9)17-14(2,3)8-18;/h4-7,18H,8H2,1-3H3,(H,16,17);1H. The minimum Gasteiger partial charge on any atom is -0.394 e. The van der Waals surface area contributed by atoms with Crippen molar-refractivity contribution in [2.75, 3.05) is 11.9 Å². The number of hydrogen-bond acceptors (Lipinski definition) is 4. The number of thiazole rings is 1. The van der Waals surface area contributed by atoms with Gasteiger partial charge < -0.3 is 10.4 Å². The van der Waals surface area contributed by atoms with E-state index in [-0.39, 0.29) is 29.1 Å². The van der Waals surface area contributed by atoms with Gasteiger partial charge in [-0.15, -0.1) is 28.3 Å². The van der Waals surface area contributed by atoms with Gasteiger partial charge in [0.05, 0.1) is 17.8 Å². The average molecular weight is 422 g/mol. The number of rotatable bonds is 4. The quantitative estimate of drug-likeness (QED) is 0.755. The van der Waals surface area contributed by atoms with Crippen molar-refractivity contribution in [3.8, 4) is 11.3 Å². The zero-order valence-corrected chi connectivity index (χ0v) is 15.7. The van der Waals surface area contributed by atoms with Crippen LogP contribution < -0.4 is 5.32 Å². The molecule has 2 rings (SSSR count). The van der Waals surface area contributed by atoms with E-state index < -0.39 is 0 Å². The van der Waals surface area contributed by atoms with Gasteiger partial charge in [0, 0.05) is 14.9 Å². The van der Waals surface area contributed by atoms with E-state index in [0.717, 1.165) is 20.9 Å². The van der Waals surface area contributed by atoms with Crippen LogP contribution in [-0.2, 0) is 0 Å². The summed E-state index contributed by atoms with van der Waals surface area (Å²) in [5, 5.41) is 13.4. The van der Waals surface area contributed by atoms with Crippen LogP contribution in [0.3, 0.4) is 0 Å². The third-order valence-electron chi connectivity index (χ3n) is 2.75. The fraction of sp³-hybridized carbons (Fsp3) is 0.357. The summed E-state index contributed by atoms with van der Waals surface area (Å²) in [6.45, 7) is 6.03. The van der Waals surface area contributed by atoms with Crippen molar-refractivity contribution in [1.29, 1.82) is 0 Å². The predicted molar refractivity (Wildman–Crippen MR) is 95.1 cm³/mol. The molecule has 0 saturated carbocycles. The first-order valence-electron chi connectivity index (χ1n) is 6.04. The number of hydrogen-bond donors (Lipinski definition) is 2. The Kier molecular flexibility index (Phi) is 6.19. The van der Waals surface area contributed by atoms with Gasteiger partial charge in [0.2, 0.25) is 0 Å². The zero-order valence-electron chi connectivity index (χ0n) is 11.6. The van der Waals surface area contributed by atoms with Crippen molar-refractivity contribution >= 4 is 49.4 Å². The Balaban J connectivity index is 0.00000200. The van der Waals surface area contributed by atoms with Gasteiger partial charge >= 0.3 is 0 Å². The Hall–Kier alpha value is -0.430. The molecule has 0 aliphatic carbocycles. The number of anilines is 1. The Morgan fingerprint density at radius 3 is 2.45 bits per heavy atom. The second kappa shape index (κ2) is 7.02. The molecule has 0 atom stereocenters. The first-order chi connectivity index (χ1) is 8.91. The number of aliphatic hydroxyl groups excluding tert-OH is 1. The lowest BCUT2D eigenvalue weighted by atomic mass is 10.1. The normalized spacial score (nSPS) is 11.1. The van der Waals surface area contributed by atoms with Crippen LogP contribution in [0, 0.1) is 6.92 Å². The van der Waals surface area contributed by atoms with E-state index >= 15 is 0 Å². The summed E-state index contributed by atoms with van der Waals surface area (Å²) < 4.78 is 1.06. The van der Waals surface area contributed by atoms with Crippen LogP contribution >= 0.6 is 44.2 Å². The van der Waals surface area contributed by atoms with Gasteiger partial charge in [0.1, 0.15) is 0 Å². The molecule has 0 amide bonds. The SMILES string of the molecule is Br.Cc1sc(NC(C)(C)CO)nc1-c1ccc(Br)cc1. The summed E-state index contributed by atoms with van der Waals surface area (Å²) in [5.41, 5.74) is 1.74. The van der Waals surface area contributed by atoms with Crippen molar-refractivity contribution < 1.29 is 5.11 Å². The Labute approximate surface area is 142 Å². The second-order valence-electron chi connectivity index (χ2n) is 5.10. The smallest absolute Gasteiger partial charge is 0.183 e. The Morgan fingerprint density at radius 1 is 1.30 bits per heavy atom. The van der Waals surface area contributed by atoms with Crippen LogP contribution in [-0.4, -0.2) is 22.2 Å². The molecule has 0 aliphatic rings. The zero-order chi connectivity index (χ0) is 14.0. The van der Waals surface area contributed by atoms with Gasteiger partial charge in [0.15, 0.2) is 5.13 Å². The molecule has 2 aromatic rings. The number of aliphatic hydroxyl groups is 1. The van der Waals surface area contributed by atoms with E-state index in [2.05, 4.69) is 33.2 Å². The lowest BCUT2D eigenvalue weighted by Gasteiger charge is -2.22. The third-order valence-corrected chi connectivity index (χ3v) is 4.17. The van der Waals surface area contributed by atoms with Crippen molar-refractivity contribution in [2.45, 2.75) is 26.3 Å². The highest BCUT2D eigenvalue weighted by atomic mass is 79.9. The number of aromatic nitrogens is 1. The highest BCUT2D eigenvalue weighted by Gasteiger charge is 2.19. The van der Waals surface area contributed by atoms with Gasteiger partial charge in [-0.05, 0) is 32.9 Å².